The standard InChI is InChI=1S/C11H21NO2S/c1-9-7-12-11(8-15(9,13)14)10-5-3-2-4-6-10/h9-12H,2-8H2,1H3. The second-order valence-corrected chi connectivity index (χ2v) is 7.52. The predicted molar refractivity (Wildman–Crippen MR) is 61.6 cm³/mol. The van der Waals surface area contributed by atoms with Crippen LogP contribution in [-0.2, 0) is 9.84 Å². The van der Waals surface area contributed by atoms with E-state index in [1.165, 1.54) is 32.1 Å². The molecule has 0 aromatic carbocycles. The zero-order valence-electron chi connectivity index (χ0n) is 9.41. The largest absolute Gasteiger partial charge is 0.311 e. The highest BCUT2D eigenvalue weighted by Gasteiger charge is 2.35. The summed E-state index contributed by atoms with van der Waals surface area (Å²) in [6, 6.07) is 0.228. The van der Waals surface area contributed by atoms with E-state index in [4.69, 9.17) is 0 Å². The molecule has 1 aliphatic heterocycles. The van der Waals surface area contributed by atoms with Crippen molar-refractivity contribution in [3.63, 3.8) is 0 Å². The minimum Gasteiger partial charge on any atom is -0.311 e. The van der Waals surface area contributed by atoms with E-state index in [0.717, 1.165) is 0 Å². The molecule has 2 unspecified atom stereocenters. The van der Waals surface area contributed by atoms with Gasteiger partial charge in [0, 0.05) is 12.6 Å². The van der Waals surface area contributed by atoms with Gasteiger partial charge in [-0.1, -0.05) is 19.3 Å². The van der Waals surface area contributed by atoms with Crippen LogP contribution in [-0.4, -0.2) is 32.0 Å². The van der Waals surface area contributed by atoms with Crippen LogP contribution in [0.3, 0.4) is 0 Å². The predicted octanol–water partition coefficient (Wildman–Crippen LogP) is 1.34. The number of rotatable bonds is 1. The molecule has 1 saturated heterocycles. The van der Waals surface area contributed by atoms with Gasteiger partial charge in [-0.25, -0.2) is 8.42 Å². The third kappa shape index (κ3) is 2.53. The molecule has 0 amide bonds. The molecule has 3 nitrogen and oxygen atoms in total. The Morgan fingerprint density at radius 1 is 1.13 bits per heavy atom. The summed E-state index contributed by atoms with van der Waals surface area (Å²) in [5.41, 5.74) is 0. The van der Waals surface area contributed by atoms with E-state index in [1.807, 2.05) is 0 Å². The van der Waals surface area contributed by atoms with Gasteiger partial charge in [0.1, 0.15) is 0 Å². The van der Waals surface area contributed by atoms with Gasteiger partial charge in [-0.3, -0.25) is 0 Å². The van der Waals surface area contributed by atoms with Crippen molar-refractivity contribution in [1.29, 1.82) is 0 Å². The van der Waals surface area contributed by atoms with Crippen molar-refractivity contribution in [3.05, 3.63) is 0 Å². The highest BCUT2D eigenvalue weighted by atomic mass is 32.2. The lowest BCUT2D eigenvalue weighted by Gasteiger charge is -2.35. The maximum atomic E-state index is 11.8. The van der Waals surface area contributed by atoms with Crippen LogP contribution in [0.1, 0.15) is 39.0 Å². The molecule has 0 aromatic rings. The first kappa shape index (κ1) is 11.4. The van der Waals surface area contributed by atoms with Gasteiger partial charge < -0.3 is 5.32 Å². The minimum absolute atomic E-state index is 0.197. The maximum Gasteiger partial charge on any atom is 0.155 e. The van der Waals surface area contributed by atoms with Crippen LogP contribution in [0.2, 0.25) is 0 Å². The van der Waals surface area contributed by atoms with Gasteiger partial charge >= 0.3 is 0 Å². The fraction of sp³-hybridized carbons (Fsp3) is 1.00. The van der Waals surface area contributed by atoms with Crippen LogP contribution in [0.5, 0.6) is 0 Å². The minimum atomic E-state index is -2.82. The Kier molecular flexibility index (Phi) is 3.36. The highest BCUT2D eigenvalue weighted by Crippen LogP contribution is 2.28. The summed E-state index contributed by atoms with van der Waals surface area (Å²) < 4.78 is 23.6. The monoisotopic (exact) mass is 231 g/mol. The Morgan fingerprint density at radius 2 is 1.80 bits per heavy atom. The van der Waals surface area contributed by atoms with Crippen molar-refractivity contribution in [3.8, 4) is 0 Å². The van der Waals surface area contributed by atoms with Crippen LogP contribution in [0, 0.1) is 5.92 Å². The summed E-state index contributed by atoms with van der Waals surface area (Å²) in [4.78, 5) is 0. The average Bonchev–Trinajstić information content (AvgIpc) is 2.23. The SMILES string of the molecule is CC1CNC(C2CCCCC2)CS1(=O)=O. The lowest BCUT2D eigenvalue weighted by molar-refractivity contribution is 0.277. The first-order valence-corrected chi connectivity index (χ1v) is 7.76. The first-order chi connectivity index (χ1) is 7.09. The van der Waals surface area contributed by atoms with Gasteiger partial charge in [0.15, 0.2) is 9.84 Å². The molecule has 1 heterocycles. The van der Waals surface area contributed by atoms with Crippen LogP contribution < -0.4 is 5.32 Å². The Hall–Kier alpha value is -0.0900. The van der Waals surface area contributed by atoms with E-state index in [-0.39, 0.29) is 11.3 Å². The molecule has 1 saturated carbocycles. The van der Waals surface area contributed by atoms with Crippen molar-refractivity contribution in [2.24, 2.45) is 5.92 Å². The van der Waals surface area contributed by atoms with Gasteiger partial charge in [-0.05, 0) is 25.7 Å². The van der Waals surface area contributed by atoms with E-state index < -0.39 is 9.84 Å². The van der Waals surface area contributed by atoms with Gasteiger partial charge in [0.25, 0.3) is 0 Å². The summed E-state index contributed by atoms with van der Waals surface area (Å²) in [7, 11) is -2.82. The normalized spacial score (nSPS) is 37.7. The summed E-state index contributed by atoms with van der Waals surface area (Å²) in [5.74, 6) is 0.958. The Morgan fingerprint density at radius 3 is 2.40 bits per heavy atom. The molecule has 2 rings (SSSR count). The van der Waals surface area contributed by atoms with E-state index in [1.54, 1.807) is 6.92 Å². The molecule has 2 atom stereocenters. The lowest BCUT2D eigenvalue weighted by Crippen LogP contribution is -2.52. The lowest BCUT2D eigenvalue weighted by atomic mass is 9.84. The molecule has 2 aliphatic rings. The molecule has 0 bridgehead atoms. The van der Waals surface area contributed by atoms with Crippen LogP contribution in [0.15, 0.2) is 0 Å². The molecule has 1 N–H and O–H groups in total. The third-order valence-electron chi connectivity index (χ3n) is 3.91. The molecule has 0 aromatic heterocycles. The molecule has 88 valence electrons. The maximum absolute atomic E-state index is 11.8. The second kappa shape index (κ2) is 4.42. The quantitative estimate of drug-likeness (QED) is 0.741. The number of nitrogens with one attached hydrogen (secondary N) is 1. The molecule has 0 spiro atoms. The summed E-state index contributed by atoms with van der Waals surface area (Å²) in [6.45, 7) is 2.45. The van der Waals surface area contributed by atoms with E-state index >= 15 is 0 Å². The Bertz CT molecular complexity index is 307. The number of sulfone groups is 1. The average molecular weight is 231 g/mol. The van der Waals surface area contributed by atoms with Crippen molar-refractivity contribution < 1.29 is 8.42 Å². The number of hydrogen-bond donors (Lipinski definition) is 1. The van der Waals surface area contributed by atoms with Gasteiger partial charge in [0.2, 0.25) is 0 Å². The summed E-state index contributed by atoms with van der Waals surface area (Å²) >= 11 is 0. The summed E-state index contributed by atoms with van der Waals surface area (Å²) in [5, 5.41) is 3.22. The molecule has 1 aliphatic carbocycles. The summed E-state index contributed by atoms with van der Waals surface area (Å²) in [6.07, 6.45) is 6.30. The zero-order chi connectivity index (χ0) is 10.9. The van der Waals surface area contributed by atoms with Crippen LogP contribution >= 0.6 is 0 Å². The van der Waals surface area contributed by atoms with E-state index in [2.05, 4.69) is 5.32 Å². The van der Waals surface area contributed by atoms with Crippen molar-refractivity contribution in [1.82, 2.24) is 5.32 Å². The van der Waals surface area contributed by atoms with Crippen LogP contribution in [0.25, 0.3) is 0 Å². The molecule has 0 radical (unpaired) electrons. The Labute approximate surface area is 92.6 Å². The highest BCUT2D eigenvalue weighted by molar-refractivity contribution is 7.92. The van der Waals surface area contributed by atoms with Gasteiger partial charge in [-0.2, -0.15) is 0 Å². The van der Waals surface area contributed by atoms with Crippen LogP contribution in [0.4, 0.5) is 0 Å². The molecule has 15 heavy (non-hydrogen) atoms. The fourth-order valence-electron chi connectivity index (χ4n) is 2.76. The molecule has 4 heteroatoms. The second-order valence-electron chi connectivity index (χ2n) is 5.05. The molecule has 2 fully saturated rings. The van der Waals surface area contributed by atoms with Crippen molar-refractivity contribution in [2.75, 3.05) is 12.3 Å². The van der Waals surface area contributed by atoms with Gasteiger partial charge in [0.05, 0.1) is 11.0 Å². The van der Waals surface area contributed by atoms with Crippen molar-refractivity contribution in [2.45, 2.75) is 50.3 Å². The third-order valence-corrected chi connectivity index (χ3v) is 6.13. The van der Waals surface area contributed by atoms with E-state index in [9.17, 15) is 8.42 Å². The molecular formula is C11H21NO2S. The smallest absolute Gasteiger partial charge is 0.155 e. The zero-order valence-corrected chi connectivity index (χ0v) is 10.2. The first-order valence-electron chi connectivity index (χ1n) is 6.04. The Balaban J connectivity index is 1.99. The molecular weight excluding hydrogens is 210 g/mol. The van der Waals surface area contributed by atoms with Crippen molar-refractivity contribution >= 4 is 9.84 Å². The van der Waals surface area contributed by atoms with E-state index in [0.29, 0.717) is 18.2 Å². The van der Waals surface area contributed by atoms with Gasteiger partial charge in [-0.15, -0.1) is 0 Å². The fourth-order valence-corrected chi connectivity index (χ4v) is 4.33. The topological polar surface area (TPSA) is 46.2 Å². The number of hydrogen-bond acceptors (Lipinski definition) is 3.